The lowest BCUT2D eigenvalue weighted by Gasteiger charge is -2.19. The third-order valence-electron chi connectivity index (χ3n) is 2.54. The summed E-state index contributed by atoms with van der Waals surface area (Å²) in [6.07, 6.45) is 5.85. The van der Waals surface area contributed by atoms with Gasteiger partial charge in [-0.05, 0) is 33.1 Å². The fourth-order valence-electron chi connectivity index (χ4n) is 1.70. The summed E-state index contributed by atoms with van der Waals surface area (Å²) in [6.45, 7) is 8.11. The lowest BCUT2D eigenvalue weighted by atomic mass is 10.1. The Morgan fingerprint density at radius 1 is 1.18 bits per heavy atom. The second-order valence-corrected chi connectivity index (χ2v) is 4.73. The van der Waals surface area contributed by atoms with Crippen LogP contribution < -0.4 is 0 Å². The molecule has 0 aromatic heterocycles. The van der Waals surface area contributed by atoms with E-state index in [-0.39, 0.29) is 18.3 Å². The summed E-state index contributed by atoms with van der Waals surface area (Å²) in [7, 11) is 0. The van der Waals surface area contributed by atoms with Crippen LogP contribution in [0.2, 0.25) is 0 Å². The predicted molar refractivity (Wildman–Crippen MR) is 72.8 cm³/mol. The van der Waals surface area contributed by atoms with Crippen molar-refractivity contribution in [1.29, 1.82) is 0 Å². The third-order valence-corrected chi connectivity index (χ3v) is 2.54. The first kappa shape index (κ1) is 16.5. The van der Waals surface area contributed by atoms with E-state index in [0.717, 1.165) is 25.7 Å². The van der Waals surface area contributed by atoms with Gasteiger partial charge in [0.25, 0.3) is 0 Å². The highest BCUT2D eigenvalue weighted by Crippen LogP contribution is 2.09. The van der Waals surface area contributed by atoms with Crippen LogP contribution in [-0.4, -0.2) is 23.4 Å². The Hall–Kier alpha value is -0.520. The maximum absolute atomic E-state index is 9.30. The molecule has 1 N–H and O–H groups in total. The van der Waals surface area contributed by atoms with Crippen LogP contribution in [0.15, 0.2) is 0 Å². The number of hydrogen-bond acceptors (Lipinski definition) is 2. The van der Waals surface area contributed by atoms with Crippen LogP contribution >= 0.6 is 0 Å². The molecule has 0 aromatic rings. The van der Waals surface area contributed by atoms with E-state index in [1.165, 1.54) is 6.42 Å². The van der Waals surface area contributed by atoms with Crippen molar-refractivity contribution in [1.82, 2.24) is 0 Å². The highest BCUT2D eigenvalue weighted by molar-refractivity contribution is 5.05. The SMILES string of the molecule is CCCCC#C[C@@H](CCC)O[C@H](C)C[C@@H](C)O. The summed E-state index contributed by atoms with van der Waals surface area (Å²) in [5, 5.41) is 9.30. The number of unbranched alkanes of at least 4 members (excludes halogenated alkanes) is 2. The van der Waals surface area contributed by atoms with Crippen LogP contribution in [0.5, 0.6) is 0 Å². The molecule has 0 aliphatic rings. The van der Waals surface area contributed by atoms with Crippen molar-refractivity contribution in [2.75, 3.05) is 0 Å². The minimum atomic E-state index is -0.305. The van der Waals surface area contributed by atoms with Gasteiger partial charge in [-0.1, -0.05) is 32.6 Å². The molecule has 0 aromatic carbocycles. The molecule has 0 amide bonds. The zero-order chi connectivity index (χ0) is 13.1. The van der Waals surface area contributed by atoms with Crippen molar-refractivity contribution in [3.63, 3.8) is 0 Å². The van der Waals surface area contributed by atoms with E-state index in [1.807, 2.05) is 6.92 Å². The van der Waals surface area contributed by atoms with E-state index < -0.39 is 0 Å². The van der Waals surface area contributed by atoms with Gasteiger partial charge in [0.15, 0.2) is 0 Å². The van der Waals surface area contributed by atoms with Crippen LogP contribution in [0.1, 0.15) is 66.2 Å². The van der Waals surface area contributed by atoms with Crippen molar-refractivity contribution < 1.29 is 9.84 Å². The van der Waals surface area contributed by atoms with E-state index in [0.29, 0.717) is 6.42 Å². The monoisotopic (exact) mass is 240 g/mol. The topological polar surface area (TPSA) is 29.5 Å². The Kier molecular flexibility index (Phi) is 10.3. The lowest BCUT2D eigenvalue weighted by molar-refractivity contribution is -0.00175. The lowest BCUT2D eigenvalue weighted by Crippen LogP contribution is -2.22. The average molecular weight is 240 g/mol. The maximum atomic E-state index is 9.30. The maximum Gasteiger partial charge on any atom is 0.118 e. The van der Waals surface area contributed by atoms with Crippen molar-refractivity contribution >= 4 is 0 Å². The Morgan fingerprint density at radius 3 is 2.41 bits per heavy atom. The number of ether oxygens (including phenoxy) is 1. The molecule has 0 spiro atoms. The Morgan fingerprint density at radius 2 is 1.88 bits per heavy atom. The van der Waals surface area contributed by atoms with E-state index >= 15 is 0 Å². The average Bonchev–Trinajstić information content (AvgIpc) is 2.23. The van der Waals surface area contributed by atoms with Crippen LogP contribution in [0, 0.1) is 11.8 Å². The van der Waals surface area contributed by atoms with Crippen molar-refractivity contribution in [3.05, 3.63) is 0 Å². The molecule has 0 saturated heterocycles. The van der Waals surface area contributed by atoms with Crippen molar-refractivity contribution in [2.24, 2.45) is 0 Å². The molecule has 0 unspecified atom stereocenters. The molecular weight excluding hydrogens is 212 g/mol. The summed E-state index contributed by atoms with van der Waals surface area (Å²) in [5.41, 5.74) is 0. The molecule has 0 heterocycles. The Labute approximate surface area is 107 Å². The van der Waals surface area contributed by atoms with Gasteiger partial charge >= 0.3 is 0 Å². The van der Waals surface area contributed by atoms with Crippen molar-refractivity contribution in [3.8, 4) is 11.8 Å². The first-order valence-electron chi connectivity index (χ1n) is 6.92. The van der Waals surface area contributed by atoms with Crippen LogP contribution in [-0.2, 0) is 4.74 Å². The standard InChI is InChI=1S/C15H28O2/c1-5-7-8-9-11-15(10-6-2)17-14(4)12-13(3)16/h13-16H,5-8,10,12H2,1-4H3/t13-,14-,15-/m1/s1. The zero-order valence-corrected chi connectivity index (χ0v) is 11.8. The van der Waals surface area contributed by atoms with Gasteiger partial charge in [0.2, 0.25) is 0 Å². The quantitative estimate of drug-likeness (QED) is 0.519. The smallest absolute Gasteiger partial charge is 0.118 e. The molecule has 0 rings (SSSR count). The molecule has 17 heavy (non-hydrogen) atoms. The van der Waals surface area contributed by atoms with Gasteiger partial charge < -0.3 is 9.84 Å². The zero-order valence-electron chi connectivity index (χ0n) is 11.8. The van der Waals surface area contributed by atoms with Gasteiger partial charge in [-0.2, -0.15) is 0 Å². The highest BCUT2D eigenvalue weighted by Gasteiger charge is 2.12. The number of hydrogen-bond donors (Lipinski definition) is 1. The number of aliphatic hydroxyl groups excluding tert-OH is 1. The summed E-state index contributed by atoms with van der Waals surface area (Å²) < 4.78 is 5.85. The molecule has 0 radical (unpaired) electrons. The summed E-state index contributed by atoms with van der Waals surface area (Å²) >= 11 is 0. The fourth-order valence-corrected chi connectivity index (χ4v) is 1.70. The molecule has 3 atom stereocenters. The van der Waals surface area contributed by atoms with Gasteiger partial charge in [0.1, 0.15) is 6.10 Å². The Bertz CT molecular complexity index is 225. The van der Waals surface area contributed by atoms with E-state index in [1.54, 1.807) is 6.92 Å². The summed E-state index contributed by atoms with van der Waals surface area (Å²) in [5.74, 6) is 6.40. The first-order valence-corrected chi connectivity index (χ1v) is 6.92. The molecule has 0 bridgehead atoms. The summed E-state index contributed by atoms with van der Waals surface area (Å²) in [6, 6.07) is 0. The fraction of sp³-hybridized carbons (Fsp3) is 0.867. The number of aliphatic hydroxyl groups is 1. The van der Waals surface area contributed by atoms with Gasteiger partial charge in [0.05, 0.1) is 12.2 Å². The molecule has 2 nitrogen and oxygen atoms in total. The van der Waals surface area contributed by atoms with Crippen LogP contribution in [0.3, 0.4) is 0 Å². The predicted octanol–water partition coefficient (Wildman–Crippen LogP) is 3.52. The summed E-state index contributed by atoms with van der Waals surface area (Å²) in [4.78, 5) is 0. The van der Waals surface area contributed by atoms with Gasteiger partial charge in [0, 0.05) is 6.42 Å². The van der Waals surface area contributed by atoms with Gasteiger partial charge in [-0.3, -0.25) is 0 Å². The van der Waals surface area contributed by atoms with Crippen molar-refractivity contribution in [2.45, 2.75) is 84.5 Å². The van der Waals surface area contributed by atoms with E-state index in [2.05, 4.69) is 25.7 Å². The third kappa shape index (κ3) is 10.4. The van der Waals surface area contributed by atoms with E-state index in [9.17, 15) is 5.11 Å². The number of rotatable bonds is 8. The van der Waals surface area contributed by atoms with E-state index in [4.69, 9.17) is 4.74 Å². The minimum Gasteiger partial charge on any atom is -0.393 e. The molecule has 0 aliphatic heterocycles. The molecular formula is C15H28O2. The normalized spacial score (nSPS) is 15.8. The molecule has 100 valence electrons. The molecule has 2 heteroatoms. The van der Waals surface area contributed by atoms with Gasteiger partial charge in [-0.15, -0.1) is 5.92 Å². The molecule has 0 aliphatic carbocycles. The highest BCUT2D eigenvalue weighted by atomic mass is 16.5. The van der Waals surface area contributed by atoms with Crippen LogP contribution in [0.25, 0.3) is 0 Å². The Balaban J connectivity index is 4.06. The molecule has 0 fully saturated rings. The largest absolute Gasteiger partial charge is 0.393 e. The second-order valence-electron chi connectivity index (χ2n) is 4.73. The molecule has 0 saturated carbocycles. The minimum absolute atomic E-state index is 0.0330. The van der Waals surface area contributed by atoms with Crippen LogP contribution in [0.4, 0.5) is 0 Å². The van der Waals surface area contributed by atoms with Gasteiger partial charge in [-0.25, -0.2) is 0 Å². The first-order chi connectivity index (χ1) is 8.10. The second kappa shape index (κ2) is 10.6.